The topological polar surface area (TPSA) is 18.5 Å². The van der Waals surface area contributed by atoms with Gasteiger partial charge in [-0.2, -0.15) is 0 Å². The lowest BCUT2D eigenvalue weighted by Crippen LogP contribution is -2.11. The molecule has 0 bridgehead atoms. The molecule has 0 radical (unpaired) electrons. The minimum absolute atomic E-state index is 0.257. The van der Waals surface area contributed by atoms with E-state index in [1.807, 2.05) is 38.1 Å². The van der Waals surface area contributed by atoms with Gasteiger partial charge in [0.1, 0.15) is 12.4 Å². The third-order valence-corrected chi connectivity index (χ3v) is 2.19. The van der Waals surface area contributed by atoms with Gasteiger partial charge in [0.15, 0.2) is 0 Å². The second-order valence-corrected chi connectivity index (χ2v) is 3.81. The molecule has 0 unspecified atom stereocenters. The fourth-order valence-electron chi connectivity index (χ4n) is 1.12. The predicted octanol–water partition coefficient (Wildman–Crippen LogP) is 3.23. The molecule has 3 heteroatoms. The van der Waals surface area contributed by atoms with Gasteiger partial charge in [0, 0.05) is 5.88 Å². The van der Waals surface area contributed by atoms with Gasteiger partial charge < -0.3 is 9.47 Å². The van der Waals surface area contributed by atoms with Gasteiger partial charge in [-0.25, -0.2) is 0 Å². The summed E-state index contributed by atoms with van der Waals surface area (Å²) in [4.78, 5) is 0. The summed E-state index contributed by atoms with van der Waals surface area (Å²) < 4.78 is 10.9. The summed E-state index contributed by atoms with van der Waals surface area (Å²) in [5.41, 5.74) is 1.10. The van der Waals surface area contributed by atoms with Gasteiger partial charge in [0.2, 0.25) is 0 Å². The maximum absolute atomic E-state index is 5.68. The molecule has 0 aliphatic rings. The minimum atomic E-state index is 0.257. The first-order valence-electron chi connectivity index (χ1n) is 5.11. The van der Waals surface area contributed by atoms with E-state index in [9.17, 15) is 0 Å². The van der Waals surface area contributed by atoms with Crippen molar-refractivity contribution in [2.24, 2.45) is 0 Å². The molecule has 1 rings (SSSR count). The second-order valence-electron chi connectivity index (χ2n) is 3.55. The van der Waals surface area contributed by atoms with E-state index in [-0.39, 0.29) is 6.10 Å². The Bertz CT molecular complexity index is 269. The SMILES string of the molecule is CC(C)OCCOc1ccc(CCl)cc1. The first kappa shape index (κ1) is 12.3. The zero-order valence-corrected chi connectivity index (χ0v) is 9.96. The summed E-state index contributed by atoms with van der Waals surface area (Å²) in [5, 5.41) is 0. The minimum Gasteiger partial charge on any atom is -0.491 e. The number of alkyl halides is 1. The van der Waals surface area contributed by atoms with E-state index in [1.165, 1.54) is 0 Å². The Morgan fingerprint density at radius 3 is 2.33 bits per heavy atom. The van der Waals surface area contributed by atoms with Crippen LogP contribution in [0.1, 0.15) is 19.4 Å². The molecule has 0 amide bonds. The zero-order valence-electron chi connectivity index (χ0n) is 9.20. The molecule has 0 spiro atoms. The number of ether oxygens (including phenoxy) is 2. The molecule has 0 fully saturated rings. The maximum Gasteiger partial charge on any atom is 0.119 e. The lowest BCUT2D eigenvalue weighted by atomic mass is 10.2. The average molecular weight is 229 g/mol. The van der Waals surface area contributed by atoms with Crippen LogP contribution in [0.2, 0.25) is 0 Å². The Kier molecular flexibility index (Phi) is 5.51. The van der Waals surface area contributed by atoms with Gasteiger partial charge in [0.25, 0.3) is 0 Å². The van der Waals surface area contributed by atoms with E-state index >= 15 is 0 Å². The highest BCUT2D eigenvalue weighted by Gasteiger charge is 1.96. The van der Waals surface area contributed by atoms with Crippen LogP contribution in [0.4, 0.5) is 0 Å². The van der Waals surface area contributed by atoms with Crippen LogP contribution in [0.5, 0.6) is 5.75 Å². The number of benzene rings is 1. The lowest BCUT2D eigenvalue weighted by molar-refractivity contribution is 0.0552. The van der Waals surface area contributed by atoms with Crippen molar-refractivity contribution < 1.29 is 9.47 Å². The summed E-state index contributed by atoms with van der Waals surface area (Å²) >= 11 is 5.68. The normalized spacial score (nSPS) is 10.7. The van der Waals surface area contributed by atoms with Crippen molar-refractivity contribution >= 4 is 11.6 Å². The van der Waals surface area contributed by atoms with Crippen LogP contribution in [0.25, 0.3) is 0 Å². The quantitative estimate of drug-likeness (QED) is 0.550. The highest BCUT2D eigenvalue weighted by atomic mass is 35.5. The molecular formula is C12H17ClO2. The standard InChI is InChI=1S/C12H17ClO2/c1-10(2)14-7-8-15-12-5-3-11(9-13)4-6-12/h3-6,10H,7-9H2,1-2H3. The smallest absolute Gasteiger partial charge is 0.119 e. The van der Waals surface area contributed by atoms with Gasteiger partial charge in [-0.05, 0) is 31.5 Å². The Hall–Kier alpha value is -0.730. The summed E-state index contributed by atoms with van der Waals surface area (Å²) in [6.45, 7) is 5.22. The van der Waals surface area contributed by atoms with E-state index in [4.69, 9.17) is 21.1 Å². The van der Waals surface area contributed by atoms with Crippen molar-refractivity contribution in [3.63, 3.8) is 0 Å². The number of hydrogen-bond donors (Lipinski definition) is 0. The van der Waals surface area contributed by atoms with E-state index < -0.39 is 0 Å². The van der Waals surface area contributed by atoms with Gasteiger partial charge in [-0.1, -0.05) is 12.1 Å². The third-order valence-electron chi connectivity index (χ3n) is 1.88. The van der Waals surface area contributed by atoms with E-state index in [1.54, 1.807) is 0 Å². The molecule has 2 nitrogen and oxygen atoms in total. The van der Waals surface area contributed by atoms with E-state index in [2.05, 4.69) is 0 Å². The largest absolute Gasteiger partial charge is 0.491 e. The van der Waals surface area contributed by atoms with Crippen molar-refractivity contribution in [1.82, 2.24) is 0 Å². The molecule has 0 aromatic heterocycles. The van der Waals surface area contributed by atoms with Crippen LogP contribution in [0.15, 0.2) is 24.3 Å². The molecule has 0 aliphatic carbocycles. The van der Waals surface area contributed by atoms with E-state index in [0.29, 0.717) is 19.1 Å². The molecule has 0 heterocycles. The highest BCUT2D eigenvalue weighted by Crippen LogP contribution is 2.13. The summed E-state index contributed by atoms with van der Waals surface area (Å²) in [5.74, 6) is 1.40. The summed E-state index contributed by atoms with van der Waals surface area (Å²) in [6, 6.07) is 7.78. The Morgan fingerprint density at radius 1 is 1.13 bits per heavy atom. The van der Waals surface area contributed by atoms with Gasteiger partial charge >= 0.3 is 0 Å². The van der Waals surface area contributed by atoms with E-state index in [0.717, 1.165) is 11.3 Å². The number of rotatable bonds is 6. The highest BCUT2D eigenvalue weighted by molar-refractivity contribution is 6.17. The van der Waals surface area contributed by atoms with Crippen LogP contribution >= 0.6 is 11.6 Å². The van der Waals surface area contributed by atoms with Crippen LogP contribution < -0.4 is 4.74 Å². The molecule has 1 aromatic carbocycles. The predicted molar refractivity (Wildman–Crippen MR) is 62.6 cm³/mol. The van der Waals surface area contributed by atoms with Crippen molar-refractivity contribution in [3.8, 4) is 5.75 Å². The summed E-state index contributed by atoms with van der Waals surface area (Å²) in [6.07, 6.45) is 0.257. The van der Waals surface area contributed by atoms with Gasteiger partial charge in [-0.15, -0.1) is 11.6 Å². The fourth-order valence-corrected chi connectivity index (χ4v) is 1.30. The molecular weight excluding hydrogens is 212 g/mol. The Balaban J connectivity index is 2.25. The monoisotopic (exact) mass is 228 g/mol. The Labute approximate surface area is 96.2 Å². The zero-order chi connectivity index (χ0) is 11.1. The average Bonchev–Trinajstić information content (AvgIpc) is 2.25. The first-order valence-corrected chi connectivity index (χ1v) is 5.65. The molecule has 84 valence electrons. The molecule has 0 N–H and O–H groups in total. The number of hydrogen-bond acceptors (Lipinski definition) is 2. The molecule has 0 aliphatic heterocycles. The second kappa shape index (κ2) is 6.70. The lowest BCUT2D eigenvalue weighted by Gasteiger charge is -2.09. The molecule has 15 heavy (non-hydrogen) atoms. The molecule has 1 aromatic rings. The molecule has 0 atom stereocenters. The van der Waals surface area contributed by atoms with Crippen molar-refractivity contribution in [3.05, 3.63) is 29.8 Å². The van der Waals surface area contributed by atoms with Crippen molar-refractivity contribution in [2.75, 3.05) is 13.2 Å². The molecule has 0 saturated heterocycles. The van der Waals surface area contributed by atoms with Crippen molar-refractivity contribution in [1.29, 1.82) is 0 Å². The summed E-state index contributed by atoms with van der Waals surface area (Å²) in [7, 11) is 0. The Morgan fingerprint density at radius 2 is 1.80 bits per heavy atom. The maximum atomic E-state index is 5.68. The van der Waals surface area contributed by atoms with Crippen molar-refractivity contribution in [2.45, 2.75) is 25.8 Å². The first-order chi connectivity index (χ1) is 7.22. The number of halogens is 1. The van der Waals surface area contributed by atoms with Crippen LogP contribution in [0, 0.1) is 0 Å². The molecule has 0 saturated carbocycles. The van der Waals surface area contributed by atoms with Crippen LogP contribution in [0.3, 0.4) is 0 Å². The van der Waals surface area contributed by atoms with Gasteiger partial charge in [-0.3, -0.25) is 0 Å². The van der Waals surface area contributed by atoms with Crippen LogP contribution in [-0.2, 0) is 10.6 Å². The van der Waals surface area contributed by atoms with Gasteiger partial charge in [0.05, 0.1) is 12.7 Å². The fraction of sp³-hybridized carbons (Fsp3) is 0.500. The third kappa shape index (κ3) is 5.05. The van der Waals surface area contributed by atoms with Crippen LogP contribution in [-0.4, -0.2) is 19.3 Å².